The Kier molecular flexibility index (Phi) is 3.96. The molecule has 0 spiro atoms. The molecule has 0 radical (unpaired) electrons. The van der Waals surface area contributed by atoms with E-state index >= 15 is 0 Å². The van der Waals surface area contributed by atoms with Crippen LogP contribution in [0.4, 0.5) is 0 Å². The molecular formula is C17H20O4S. The van der Waals surface area contributed by atoms with Crippen LogP contribution in [0.5, 0.6) is 11.5 Å². The molecule has 2 aromatic carbocycles. The quantitative estimate of drug-likeness (QED) is 0.888. The summed E-state index contributed by atoms with van der Waals surface area (Å²) in [4.78, 5) is 0.00189. The fourth-order valence-corrected chi connectivity index (χ4v) is 4.20. The number of phenols is 2. The molecule has 118 valence electrons. The highest BCUT2D eigenvalue weighted by Crippen LogP contribution is 2.37. The molecule has 5 heteroatoms. The van der Waals surface area contributed by atoms with E-state index in [9.17, 15) is 18.6 Å². The van der Waals surface area contributed by atoms with Crippen molar-refractivity contribution in [2.75, 3.05) is 0 Å². The minimum atomic E-state index is -3.86. The predicted molar refractivity (Wildman–Crippen MR) is 85.4 cm³/mol. The summed E-state index contributed by atoms with van der Waals surface area (Å²) < 4.78 is 25.8. The summed E-state index contributed by atoms with van der Waals surface area (Å²) in [5, 5.41) is 20.2. The number of hydrogen-bond donors (Lipinski definition) is 2. The zero-order chi connectivity index (χ0) is 16.8. The second kappa shape index (κ2) is 5.32. The third-order valence-electron chi connectivity index (χ3n) is 4.25. The van der Waals surface area contributed by atoms with E-state index in [4.69, 9.17) is 0 Å². The number of aryl methyl sites for hydroxylation is 2. The lowest BCUT2D eigenvalue weighted by atomic mass is 10.1. The van der Waals surface area contributed by atoms with Gasteiger partial charge < -0.3 is 10.2 Å². The van der Waals surface area contributed by atoms with Gasteiger partial charge >= 0.3 is 0 Å². The Morgan fingerprint density at radius 2 is 1.32 bits per heavy atom. The lowest BCUT2D eigenvalue weighted by molar-refractivity contribution is 0.453. The van der Waals surface area contributed by atoms with Gasteiger partial charge in [0.1, 0.15) is 16.4 Å². The molecule has 2 aromatic rings. The summed E-state index contributed by atoms with van der Waals surface area (Å²) in [5.41, 5.74) is 2.88. The first-order valence-corrected chi connectivity index (χ1v) is 8.41. The summed E-state index contributed by atoms with van der Waals surface area (Å²) >= 11 is 0. The van der Waals surface area contributed by atoms with Gasteiger partial charge in [0, 0.05) is 0 Å². The second-order valence-electron chi connectivity index (χ2n) is 5.65. The Morgan fingerprint density at radius 3 is 1.91 bits per heavy atom. The van der Waals surface area contributed by atoms with Crippen molar-refractivity contribution < 1.29 is 18.6 Å². The van der Waals surface area contributed by atoms with Gasteiger partial charge in [-0.25, -0.2) is 8.42 Å². The van der Waals surface area contributed by atoms with Crippen molar-refractivity contribution in [2.45, 2.75) is 44.4 Å². The number of aromatic hydroxyl groups is 2. The SMILES string of the molecule is Cc1ccc(S(=O)(=O)c2cc(C)c(O)c(C)c2C)c(O)c1C. The highest BCUT2D eigenvalue weighted by Gasteiger charge is 2.26. The van der Waals surface area contributed by atoms with E-state index < -0.39 is 9.84 Å². The summed E-state index contributed by atoms with van der Waals surface area (Å²) in [6.45, 7) is 8.48. The monoisotopic (exact) mass is 320 g/mol. The van der Waals surface area contributed by atoms with Crippen LogP contribution in [0.1, 0.15) is 27.8 Å². The molecule has 4 nitrogen and oxygen atoms in total. The maximum atomic E-state index is 12.9. The molecule has 2 N–H and O–H groups in total. The Bertz CT molecular complexity index is 865. The van der Waals surface area contributed by atoms with Gasteiger partial charge in [0.05, 0.1) is 4.90 Å². The van der Waals surface area contributed by atoms with Crippen LogP contribution in [0.25, 0.3) is 0 Å². The van der Waals surface area contributed by atoms with E-state index in [1.54, 1.807) is 33.8 Å². The first-order chi connectivity index (χ1) is 10.1. The smallest absolute Gasteiger partial charge is 0.210 e. The maximum Gasteiger partial charge on any atom is 0.210 e. The molecular weight excluding hydrogens is 300 g/mol. The minimum Gasteiger partial charge on any atom is -0.507 e. The first kappa shape index (κ1) is 16.4. The Balaban J connectivity index is 2.80. The van der Waals surface area contributed by atoms with Gasteiger partial charge in [-0.05, 0) is 74.6 Å². The molecule has 0 aliphatic carbocycles. The summed E-state index contributed by atoms with van der Waals surface area (Å²) in [7, 11) is -3.86. The lowest BCUT2D eigenvalue weighted by Crippen LogP contribution is -2.07. The standard InChI is InChI=1S/C17H20O4S/c1-9-6-7-14(17(19)11(9)3)22(20,21)15-8-10(2)16(18)13(5)12(15)4/h6-8,18-19H,1-5H3. The Morgan fingerprint density at radius 1 is 0.727 bits per heavy atom. The molecule has 2 rings (SSSR count). The van der Waals surface area contributed by atoms with Gasteiger partial charge in [-0.15, -0.1) is 0 Å². The average molecular weight is 320 g/mol. The van der Waals surface area contributed by atoms with Crippen LogP contribution in [0, 0.1) is 34.6 Å². The number of phenolic OH excluding ortho intramolecular Hbond substituents is 2. The van der Waals surface area contributed by atoms with Crippen molar-refractivity contribution >= 4 is 9.84 Å². The third-order valence-corrected chi connectivity index (χ3v) is 6.16. The van der Waals surface area contributed by atoms with Gasteiger partial charge in [0.2, 0.25) is 9.84 Å². The van der Waals surface area contributed by atoms with E-state index in [0.717, 1.165) is 5.56 Å². The second-order valence-corrected chi connectivity index (χ2v) is 7.53. The molecule has 0 aliphatic heterocycles. The molecule has 0 unspecified atom stereocenters. The molecule has 0 amide bonds. The van der Waals surface area contributed by atoms with E-state index in [-0.39, 0.29) is 21.3 Å². The van der Waals surface area contributed by atoms with Crippen molar-refractivity contribution in [3.63, 3.8) is 0 Å². The Hall–Kier alpha value is -2.01. The Labute approximate surface area is 131 Å². The van der Waals surface area contributed by atoms with Crippen LogP contribution in [-0.2, 0) is 9.84 Å². The van der Waals surface area contributed by atoms with Gasteiger partial charge in [0.25, 0.3) is 0 Å². The van der Waals surface area contributed by atoms with Gasteiger partial charge in [-0.2, -0.15) is 0 Å². The van der Waals surface area contributed by atoms with Crippen LogP contribution >= 0.6 is 0 Å². The van der Waals surface area contributed by atoms with Crippen molar-refractivity contribution in [1.29, 1.82) is 0 Å². The first-order valence-electron chi connectivity index (χ1n) is 6.93. The van der Waals surface area contributed by atoms with Crippen molar-refractivity contribution in [2.24, 2.45) is 0 Å². The van der Waals surface area contributed by atoms with Crippen LogP contribution in [-0.4, -0.2) is 18.6 Å². The minimum absolute atomic E-state index is 0.0979. The molecule has 0 saturated carbocycles. The molecule has 22 heavy (non-hydrogen) atoms. The highest BCUT2D eigenvalue weighted by molar-refractivity contribution is 7.91. The molecule has 0 aliphatic rings. The van der Waals surface area contributed by atoms with E-state index in [2.05, 4.69) is 0 Å². The fraction of sp³-hybridized carbons (Fsp3) is 0.294. The van der Waals surface area contributed by atoms with E-state index in [1.165, 1.54) is 12.1 Å². The maximum absolute atomic E-state index is 12.9. The van der Waals surface area contributed by atoms with Crippen molar-refractivity contribution in [3.8, 4) is 11.5 Å². The van der Waals surface area contributed by atoms with Gasteiger partial charge in [0.15, 0.2) is 0 Å². The topological polar surface area (TPSA) is 74.6 Å². The molecule has 0 heterocycles. The average Bonchev–Trinajstić information content (AvgIpc) is 2.46. The van der Waals surface area contributed by atoms with Crippen LogP contribution in [0.3, 0.4) is 0 Å². The van der Waals surface area contributed by atoms with E-state index in [0.29, 0.717) is 22.3 Å². The molecule has 0 fully saturated rings. The van der Waals surface area contributed by atoms with Crippen molar-refractivity contribution in [3.05, 3.63) is 46.0 Å². The lowest BCUT2D eigenvalue weighted by Gasteiger charge is -2.15. The zero-order valence-corrected chi connectivity index (χ0v) is 14.2. The molecule has 0 saturated heterocycles. The van der Waals surface area contributed by atoms with Crippen LogP contribution in [0.15, 0.2) is 28.0 Å². The number of hydrogen-bond acceptors (Lipinski definition) is 4. The number of sulfone groups is 1. The van der Waals surface area contributed by atoms with E-state index in [1.807, 2.05) is 6.92 Å². The number of benzene rings is 2. The molecule has 0 bridgehead atoms. The molecule has 0 aromatic heterocycles. The predicted octanol–water partition coefficient (Wildman–Crippen LogP) is 3.47. The van der Waals surface area contributed by atoms with Gasteiger partial charge in [-0.3, -0.25) is 0 Å². The van der Waals surface area contributed by atoms with Crippen molar-refractivity contribution in [1.82, 2.24) is 0 Å². The van der Waals surface area contributed by atoms with Crippen LogP contribution < -0.4 is 0 Å². The molecule has 0 atom stereocenters. The normalized spacial score (nSPS) is 11.7. The zero-order valence-electron chi connectivity index (χ0n) is 13.4. The largest absolute Gasteiger partial charge is 0.507 e. The summed E-state index contributed by atoms with van der Waals surface area (Å²) in [5.74, 6) is -0.122. The highest BCUT2D eigenvalue weighted by atomic mass is 32.2. The number of rotatable bonds is 2. The summed E-state index contributed by atoms with van der Waals surface area (Å²) in [6.07, 6.45) is 0. The van der Waals surface area contributed by atoms with Crippen LogP contribution in [0.2, 0.25) is 0 Å². The fourth-order valence-electron chi connectivity index (χ4n) is 2.42. The third kappa shape index (κ3) is 2.35. The summed E-state index contributed by atoms with van der Waals surface area (Å²) in [6, 6.07) is 4.54. The van der Waals surface area contributed by atoms with Gasteiger partial charge in [-0.1, -0.05) is 6.07 Å².